The number of alkyl halides is 3. The number of allylic oxidation sites excluding steroid dienone is 1. The summed E-state index contributed by atoms with van der Waals surface area (Å²) in [7, 11) is -3.77. The van der Waals surface area contributed by atoms with Crippen molar-refractivity contribution in [2.45, 2.75) is 90.3 Å². The van der Waals surface area contributed by atoms with E-state index < -0.39 is 74.4 Å². The Kier molecular flexibility index (Phi) is 10.5. The summed E-state index contributed by atoms with van der Waals surface area (Å²) in [5.74, 6) is -2.33. The first-order chi connectivity index (χ1) is 17.0. The van der Waals surface area contributed by atoms with Gasteiger partial charge in [0, 0.05) is 27.7 Å². The molecule has 3 atom stereocenters. The molecule has 0 bridgehead atoms. The van der Waals surface area contributed by atoms with Crippen molar-refractivity contribution < 1.29 is 41.5 Å². The number of esters is 1. The van der Waals surface area contributed by atoms with E-state index in [0.29, 0.717) is 5.57 Å². The van der Waals surface area contributed by atoms with Crippen LogP contribution in [0.3, 0.4) is 0 Å². The Bertz CT molecular complexity index is 1110. The molecule has 1 aromatic rings. The van der Waals surface area contributed by atoms with Gasteiger partial charge in [0.2, 0.25) is 5.60 Å². The molecule has 2 unspecified atom stereocenters. The minimum atomic E-state index is -5.21. The van der Waals surface area contributed by atoms with E-state index in [0.717, 1.165) is 12.4 Å². The third kappa shape index (κ3) is 10.6. The highest BCUT2D eigenvalue weighted by atomic mass is 32.2. The van der Waals surface area contributed by atoms with Crippen LogP contribution in [0.1, 0.15) is 72.7 Å². The van der Waals surface area contributed by atoms with E-state index in [4.69, 9.17) is 14.3 Å². The van der Waals surface area contributed by atoms with Crippen LogP contribution in [0.25, 0.3) is 5.57 Å². The average molecular weight is 567 g/mol. The Morgan fingerprint density at radius 3 is 2.05 bits per heavy atom. The minimum absolute atomic E-state index is 0.230. The lowest BCUT2D eigenvalue weighted by Crippen LogP contribution is -2.47. The molecule has 1 rings (SSSR count). The summed E-state index contributed by atoms with van der Waals surface area (Å²) in [6.07, 6.45) is -5.91. The Morgan fingerprint density at radius 2 is 1.63 bits per heavy atom. The molecule has 0 aromatic carbocycles. The van der Waals surface area contributed by atoms with Crippen LogP contribution < -0.4 is 5.32 Å². The molecule has 0 aliphatic heterocycles. The summed E-state index contributed by atoms with van der Waals surface area (Å²) in [5, 5.41) is 12.8. The number of hydrogen-bond acceptors (Lipinski definition) is 9. The lowest BCUT2D eigenvalue weighted by molar-refractivity contribution is -0.269. The smallest absolute Gasteiger partial charge is 0.423 e. The van der Waals surface area contributed by atoms with Gasteiger partial charge in [0.1, 0.15) is 17.2 Å². The van der Waals surface area contributed by atoms with Crippen LogP contribution in [0.2, 0.25) is 0 Å². The van der Waals surface area contributed by atoms with Gasteiger partial charge in [-0.1, -0.05) is 6.58 Å². The monoisotopic (exact) mass is 566 g/mol. The summed E-state index contributed by atoms with van der Waals surface area (Å²) in [6, 6.07) is -1.38. The molecular weight excluding hydrogens is 529 g/mol. The maximum Gasteiger partial charge on any atom is 0.423 e. The summed E-state index contributed by atoms with van der Waals surface area (Å²) in [5.41, 5.74) is -5.47. The van der Waals surface area contributed by atoms with Gasteiger partial charge in [0.15, 0.2) is 0 Å². The highest BCUT2D eigenvalue weighted by Crippen LogP contribution is 2.41. The summed E-state index contributed by atoms with van der Waals surface area (Å²) >= 11 is 0. The van der Waals surface area contributed by atoms with Crippen LogP contribution in [0.4, 0.5) is 18.0 Å². The molecule has 0 saturated heterocycles. The van der Waals surface area contributed by atoms with Gasteiger partial charge in [0.05, 0.1) is 23.8 Å². The molecule has 0 spiro atoms. The lowest BCUT2D eigenvalue weighted by atomic mass is 9.96. The molecule has 3 N–H and O–H groups in total. The molecule has 0 saturated carbocycles. The first kappa shape index (κ1) is 33.3. The van der Waals surface area contributed by atoms with Crippen molar-refractivity contribution in [3.05, 3.63) is 30.4 Å². The van der Waals surface area contributed by atoms with Crippen molar-refractivity contribution in [2.75, 3.05) is 11.5 Å². The zero-order valence-electron chi connectivity index (χ0n) is 22.7. The number of alkyl carbamates (subject to hydrolysis) is 1. The van der Waals surface area contributed by atoms with E-state index in [1.165, 1.54) is 0 Å². The van der Waals surface area contributed by atoms with Crippen LogP contribution in [-0.4, -0.2) is 66.3 Å². The van der Waals surface area contributed by atoms with Gasteiger partial charge < -0.3 is 19.9 Å². The number of carbonyl (C=O) groups is 2. The van der Waals surface area contributed by atoms with E-state index in [9.17, 15) is 32.1 Å². The molecule has 0 aliphatic rings. The predicted molar refractivity (Wildman–Crippen MR) is 136 cm³/mol. The van der Waals surface area contributed by atoms with Gasteiger partial charge in [-0.25, -0.2) is 13.8 Å². The molecule has 0 radical (unpaired) electrons. The minimum Gasteiger partial charge on any atom is -0.458 e. The summed E-state index contributed by atoms with van der Waals surface area (Å²) < 4.78 is 73.0. The molecule has 38 heavy (non-hydrogen) atoms. The van der Waals surface area contributed by atoms with Gasteiger partial charge in [0.25, 0.3) is 0 Å². The average Bonchev–Trinajstić information content (AvgIpc) is 2.71. The van der Waals surface area contributed by atoms with E-state index in [-0.39, 0.29) is 12.1 Å². The molecule has 1 aromatic heterocycles. The third-order valence-electron chi connectivity index (χ3n) is 4.89. The van der Waals surface area contributed by atoms with Crippen molar-refractivity contribution >= 4 is 27.4 Å². The second kappa shape index (κ2) is 12.0. The quantitative estimate of drug-likeness (QED) is 0.354. The SMILES string of the molecule is C=C(C)c1cnc(C(O)(CCS(=N)(=O)CC[C@H](NC(=O)OC(C)(C)C)C(=O)OC(C)(C)C)C(F)(F)F)cn1. The number of ether oxygens (including phenoxy) is 2. The summed E-state index contributed by atoms with van der Waals surface area (Å²) in [4.78, 5) is 32.3. The van der Waals surface area contributed by atoms with Crippen LogP contribution >= 0.6 is 0 Å². The summed E-state index contributed by atoms with van der Waals surface area (Å²) in [6.45, 7) is 14.8. The van der Waals surface area contributed by atoms with Gasteiger partial charge >= 0.3 is 18.2 Å². The zero-order valence-corrected chi connectivity index (χ0v) is 23.5. The Hall–Kier alpha value is -2.74. The standard InChI is InChI=1S/C24H37F3N4O6S/c1-15(2)17-13-30-18(14-29-17)23(34,24(25,26)27)10-12-38(28,35)11-9-16(19(32)36-21(3,4)5)31-20(33)37-22(6,7)8/h13-14,16,28,34H,1,9-12H2,2-8H3,(H,31,33)/t16-,23?,38?/m0/s1. The number of nitrogens with zero attached hydrogens (tertiary/aromatic N) is 2. The van der Waals surface area contributed by atoms with Gasteiger partial charge in [-0.05, 0) is 60.5 Å². The van der Waals surface area contributed by atoms with Crippen LogP contribution in [-0.2, 0) is 29.6 Å². The number of aromatic nitrogens is 2. The maximum atomic E-state index is 13.9. The van der Waals surface area contributed by atoms with Crippen LogP contribution in [0.15, 0.2) is 19.0 Å². The number of hydrogen-bond donors (Lipinski definition) is 3. The second-order valence-electron chi connectivity index (χ2n) is 10.9. The Labute approximate surface area is 221 Å². The molecule has 1 amide bonds. The molecule has 0 aliphatic carbocycles. The normalized spacial score (nSPS) is 16.5. The highest BCUT2D eigenvalue weighted by Gasteiger charge is 2.56. The van der Waals surface area contributed by atoms with Gasteiger partial charge in [-0.15, -0.1) is 0 Å². The van der Waals surface area contributed by atoms with Gasteiger partial charge in [-0.2, -0.15) is 13.2 Å². The number of carbonyl (C=O) groups excluding carboxylic acids is 2. The molecule has 14 heteroatoms. The van der Waals surface area contributed by atoms with E-state index in [1.54, 1.807) is 48.5 Å². The second-order valence-corrected chi connectivity index (χ2v) is 13.4. The Balaban J connectivity index is 3.07. The van der Waals surface area contributed by atoms with E-state index in [2.05, 4.69) is 21.9 Å². The molecule has 0 fully saturated rings. The van der Waals surface area contributed by atoms with Crippen molar-refractivity contribution in [1.29, 1.82) is 4.78 Å². The maximum absolute atomic E-state index is 13.9. The largest absolute Gasteiger partial charge is 0.458 e. The molecular formula is C24H37F3N4O6S. The first-order valence-corrected chi connectivity index (χ1v) is 13.6. The number of rotatable bonds is 10. The fourth-order valence-corrected chi connectivity index (χ4v) is 4.42. The van der Waals surface area contributed by atoms with E-state index >= 15 is 0 Å². The Morgan fingerprint density at radius 1 is 1.08 bits per heavy atom. The fourth-order valence-electron chi connectivity index (χ4n) is 2.97. The van der Waals surface area contributed by atoms with E-state index in [1.807, 2.05) is 0 Å². The van der Waals surface area contributed by atoms with Gasteiger partial charge in [-0.3, -0.25) is 14.7 Å². The highest BCUT2D eigenvalue weighted by molar-refractivity contribution is 7.92. The van der Waals surface area contributed by atoms with Crippen molar-refractivity contribution in [3.8, 4) is 0 Å². The van der Waals surface area contributed by atoms with Crippen LogP contribution in [0, 0.1) is 4.78 Å². The number of nitrogens with one attached hydrogen (secondary N) is 2. The molecule has 216 valence electrons. The molecule has 10 nitrogen and oxygen atoms in total. The zero-order chi connectivity index (χ0) is 29.7. The number of amides is 1. The predicted octanol–water partition coefficient (Wildman–Crippen LogP) is 4.32. The van der Waals surface area contributed by atoms with Crippen molar-refractivity contribution in [1.82, 2.24) is 15.3 Å². The first-order valence-electron chi connectivity index (χ1n) is 11.7. The molecule has 1 heterocycles. The third-order valence-corrected chi connectivity index (χ3v) is 6.65. The fraction of sp³-hybridized carbons (Fsp3) is 0.667. The number of halogens is 3. The van der Waals surface area contributed by atoms with Crippen LogP contribution in [0.5, 0.6) is 0 Å². The van der Waals surface area contributed by atoms with Crippen molar-refractivity contribution in [3.63, 3.8) is 0 Å². The topological polar surface area (TPSA) is 152 Å². The number of aliphatic hydroxyl groups is 1. The van der Waals surface area contributed by atoms with Crippen molar-refractivity contribution in [2.24, 2.45) is 0 Å². The lowest BCUT2D eigenvalue weighted by Gasteiger charge is -2.30.